The van der Waals surface area contributed by atoms with Gasteiger partial charge in [0, 0.05) is 26.4 Å². The first kappa shape index (κ1) is 19.8. The van der Waals surface area contributed by atoms with Gasteiger partial charge >= 0.3 is 0 Å². The SMILES string of the molecule is CO.COCCCc1ccccc1.NC(=O)c1ccccc1. The van der Waals surface area contributed by atoms with Gasteiger partial charge in [0.1, 0.15) is 0 Å². The first-order valence-corrected chi connectivity index (χ1v) is 7.06. The molecule has 2 rings (SSSR count). The number of ether oxygens (including phenoxy) is 1. The zero-order chi connectivity index (χ0) is 16.6. The van der Waals surface area contributed by atoms with Crippen molar-refractivity contribution in [3.63, 3.8) is 0 Å². The second-order valence-electron chi connectivity index (χ2n) is 4.31. The maximum atomic E-state index is 10.4. The highest BCUT2D eigenvalue weighted by Gasteiger charge is 1.93. The van der Waals surface area contributed by atoms with Gasteiger partial charge in [0.25, 0.3) is 0 Å². The molecule has 0 fully saturated rings. The fourth-order valence-electron chi connectivity index (χ4n) is 1.67. The van der Waals surface area contributed by atoms with E-state index in [0.29, 0.717) is 5.56 Å². The van der Waals surface area contributed by atoms with Crippen LogP contribution in [0, 0.1) is 0 Å². The number of carbonyl (C=O) groups excluding carboxylic acids is 1. The topological polar surface area (TPSA) is 72.6 Å². The Hall–Kier alpha value is -2.17. The van der Waals surface area contributed by atoms with Crippen molar-refractivity contribution in [3.05, 3.63) is 71.8 Å². The fraction of sp³-hybridized carbons (Fsp3) is 0.278. The number of hydrogen-bond acceptors (Lipinski definition) is 3. The first-order valence-electron chi connectivity index (χ1n) is 7.06. The molecular weight excluding hydrogens is 278 g/mol. The molecule has 0 radical (unpaired) electrons. The van der Waals surface area contributed by atoms with Gasteiger partial charge in [-0.2, -0.15) is 0 Å². The summed E-state index contributed by atoms with van der Waals surface area (Å²) in [7, 11) is 2.74. The molecule has 0 saturated carbocycles. The molecule has 4 heteroatoms. The van der Waals surface area contributed by atoms with Gasteiger partial charge in [-0.05, 0) is 30.5 Å². The molecule has 0 unspecified atom stereocenters. The number of amides is 1. The number of aryl methyl sites for hydroxylation is 1. The van der Waals surface area contributed by atoms with Crippen LogP contribution in [-0.4, -0.2) is 31.8 Å². The van der Waals surface area contributed by atoms with E-state index in [1.807, 2.05) is 12.1 Å². The summed E-state index contributed by atoms with van der Waals surface area (Å²) in [5.74, 6) is -0.379. The van der Waals surface area contributed by atoms with Crippen molar-refractivity contribution in [1.29, 1.82) is 0 Å². The summed E-state index contributed by atoms with van der Waals surface area (Å²) in [4.78, 5) is 10.4. The van der Waals surface area contributed by atoms with E-state index in [1.165, 1.54) is 5.56 Å². The highest BCUT2D eigenvalue weighted by Crippen LogP contribution is 2.01. The van der Waals surface area contributed by atoms with Crippen LogP contribution in [-0.2, 0) is 11.2 Å². The molecule has 0 spiro atoms. The average molecular weight is 303 g/mol. The number of benzene rings is 2. The largest absolute Gasteiger partial charge is 0.400 e. The Bertz CT molecular complexity index is 486. The minimum Gasteiger partial charge on any atom is -0.400 e. The van der Waals surface area contributed by atoms with E-state index in [9.17, 15) is 4.79 Å². The Balaban J connectivity index is 0.000000366. The summed E-state index contributed by atoms with van der Waals surface area (Å²) >= 11 is 0. The van der Waals surface area contributed by atoms with Crippen molar-refractivity contribution >= 4 is 5.91 Å². The number of aliphatic hydroxyl groups is 1. The van der Waals surface area contributed by atoms with Crippen LogP contribution in [0.3, 0.4) is 0 Å². The molecule has 0 bridgehead atoms. The van der Waals surface area contributed by atoms with Crippen LogP contribution in [0.4, 0.5) is 0 Å². The second-order valence-corrected chi connectivity index (χ2v) is 4.31. The number of nitrogens with two attached hydrogens (primary N) is 1. The standard InChI is InChI=1S/C10H14O.C7H7NO.CH4O/c1-11-9-5-8-10-6-3-2-4-7-10;8-7(9)6-4-2-1-3-5-6;1-2/h2-4,6-7H,5,8-9H2,1H3;1-5H,(H2,8,9);2H,1H3. The van der Waals surface area contributed by atoms with Gasteiger partial charge in [0.05, 0.1) is 0 Å². The van der Waals surface area contributed by atoms with E-state index < -0.39 is 0 Å². The van der Waals surface area contributed by atoms with Gasteiger partial charge in [-0.25, -0.2) is 0 Å². The molecule has 0 aromatic heterocycles. The Labute approximate surface area is 132 Å². The third kappa shape index (κ3) is 9.69. The smallest absolute Gasteiger partial charge is 0.248 e. The molecule has 0 aliphatic rings. The third-order valence-electron chi connectivity index (χ3n) is 2.72. The van der Waals surface area contributed by atoms with Crippen LogP contribution in [0.15, 0.2) is 60.7 Å². The van der Waals surface area contributed by atoms with Crippen molar-refractivity contribution in [2.45, 2.75) is 12.8 Å². The summed E-state index contributed by atoms with van der Waals surface area (Å²) < 4.78 is 4.96. The van der Waals surface area contributed by atoms with Crippen LogP contribution < -0.4 is 5.73 Å². The summed E-state index contributed by atoms with van der Waals surface area (Å²) in [6.07, 6.45) is 2.23. The molecule has 2 aromatic carbocycles. The number of primary amides is 1. The van der Waals surface area contributed by atoms with Gasteiger partial charge in [-0.1, -0.05) is 48.5 Å². The molecule has 0 atom stereocenters. The Morgan fingerprint density at radius 2 is 1.50 bits per heavy atom. The molecular formula is C18H25NO3. The summed E-state index contributed by atoms with van der Waals surface area (Å²) in [6, 6.07) is 19.2. The van der Waals surface area contributed by atoms with Gasteiger partial charge < -0.3 is 15.6 Å². The Morgan fingerprint density at radius 1 is 1.00 bits per heavy atom. The molecule has 1 amide bonds. The summed E-state index contributed by atoms with van der Waals surface area (Å²) in [5.41, 5.74) is 6.92. The molecule has 120 valence electrons. The molecule has 0 heterocycles. The highest BCUT2D eigenvalue weighted by atomic mass is 16.5. The lowest BCUT2D eigenvalue weighted by atomic mass is 10.1. The van der Waals surface area contributed by atoms with Crippen LogP contribution >= 0.6 is 0 Å². The first-order chi connectivity index (χ1) is 10.7. The predicted octanol–water partition coefficient (Wildman–Crippen LogP) is 2.66. The number of methoxy groups -OCH3 is 1. The lowest BCUT2D eigenvalue weighted by molar-refractivity contribution is 0.100. The molecule has 0 aliphatic heterocycles. The van der Waals surface area contributed by atoms with Crippen molar-refractivity contribution in [2.75, 3.05) is 20.8 Å². The molecule has 2 aromatic rings. The van der Waals surface area contributed by atoms with E-state index in [0.717, 1.165) is 26.6 Å². The molecule has 3 N–H and O–H groups in total. The molecule has 4 nitrogen and oxygen atoms in total. The van der Waals surface area contributed by atoms with Gasteiger partial charge in [0.2, 0.25) is 5.91 Å². The zero-order valence-corrected chi connectivity index (χ0v) is 13.2. The highest BCUT2D eigenvalue weighted by molar-refractivity contribution is 5.92. The van der Waals surface area contributed by atoms with E-state index >= 15 is 0 Å². The van der Waals surface area contributed by atoms with Gasteiger partial charge in [-0.3, -0.25) is 4.79 Å². The number of hydrogen-bond donors (Lipinski definition) is 2. The van der Waals surface area contributed by atoms with Crippen LogP contribution in [0.2, 0.25) is 0 Å². The third-order valence-corrected chi connectivity index (χ3v) is 2.72. The van der Waals surface area contributed by atoms with E-state index in [-0.39, 0.29) is 5.91 Å². The van der Waals surface area contributed by atoms with Crippen molar-refractivity contribution in [2.24, 2.45) is 5.73 Å². The van der Waals surface area contributed by atoms with Crippen LogP contribution in [0.1, 0.15) is 22.3 Å². The van der Waals surface area contributed by atoms with Crippen molar-refractivity contribution in [3.8, 4) is 0 Å². The molecule has 22 heavy (non-hydrogen) atoms. The minimum atomic E-state index is -0.379. The van der Waals surface area contributed by atoms with Gasteiger partial charge in [0.15, 0.2) is 0 Å². The number of rotatable bonds is 5. The van der Waals surface area contributed by atoms with Crippen molar-refractivity contribution < 1.29 is 14.6 Å². The fourth-order valence-corrected chi connectivity index (χ4v) is 1.67. The average Bonchev–Trinajstić information content (AvgIpc) is 2.59. The summed E-state index contributed by atoms with van der Waals surface area (Å²) in [5, 5.41) is 7.00. The van der Waals surface area contributed by atoms with E-state index in [4.69, 9.17) is 15.6 Å². The summed E-state index contributed by atoms with van der Waals surface area (Å²) in [6.45, 7) is 0.856. The van der Waals surface area contributed by atoms with Crippen molar-refractivity contribution in [1.82, 2.24) is 0 Å². The monoisotopic (exact) mass is 303 g/mol. The minimum absolute atomic E-state index is 0.379. The van der Waals surface area contributed by atoms with Crippen LogP contribution in [0.25, 0.3) is 0 Å². The predicted molar refractivity (Wildman–Crippen MR) is 89.7 cm³/mol. The maximum Gasteiger partial charge on any atom is 0.248 e. The maximum absolute atomic E-state index is 10.4. The van der Waals surface area contributed by atoms with Crippen LogP contribution in [0.5, 0.6) is 0 Å². The normalized spacial score (nSPS) is 8.86. The van der Waals surface area contributed by atoms with Gasteiger partial charge in [-0.15, -0.1) is 0 Å². The zero-order valence-electron chi connectivity index (χ0n) is 13.2. The Morgan fingerprint density at radius 3 is 1.91 bits per heavy atom. The lowest BCUT2D eigenvalue weighted by Crippen LogP contribution is -2.09. The lowest BCUT2D eigenvalue weighted by Gasteiger charge is -1.98. The van der Waals surface area contributed by atoms with E-state index in [1.54, 1.807) is 31.4 Å². The quantitative estimate of drug-likeness (QED) is 0.834. The number of carbonyl (C=O) groups is 1. The second kappa shape index (κ2) is 13.8. The molecule has 0 saturated heterocycles. The van der Waals surface area contributed by atoms with E-state index in [2.05, 4.69) is 24.3 Å². The number of aliphatic hydroxyl groups excluding tert-OH is 1. The Kier molecular flexibility index (Phi) is 12.4. The molecule has 0 aliphatic carbocycles.